The largest absolute Gasteiger partial charge is 0.376 e. The Hall–Kier alpha value is -2.58. The highest BCUT2D eigenvalue weighted by Gasteiger charge is 2.21. The van der Waals surface area contributed by atoms with E-state index in [0.29, 0.717) is 22.8 Å². The van der Waals surface area contributed by atoms with Gasteiger partial charge in [-0.25, -0.2) is 14.4 Å². The number of rotatable bonds is 6. The molecule has 146 valence electrons. The maximum absolute atomic E-state index is 13.8. The average Bonchev–Trinajstić information content (AvgIpc) is 3.34. The van der Waals surface area contributed by atoms with Crippen LogP contribution in [0.1, 0.15) is 33.6 Å². The second-order valence-corrected chi connectivity index (χ2v) is 7.75. The molecule has 0 unspecified atom stereocenters. The molecule has 4 rings (SSSR count). The first-order valence-electron chi connectivity index (χ1n) is 9.24. The molecule has 28 heavy (non-hydrogen) atoms. The van der Waals surface area contributed by atoms with Crippen LogP contribution in [-0.2, 0) is 11.3 Å². The van der Waals surface area contributed by atoms with Crippen LogP contribution in [0.3, 0.4) is 0 Å². The van der Waals surface area contributed by atoms with E-state index in [9.17, 15) is 9.18 Å². The first kappa shape index (κ1) is 18.8. The lowest BCUT2D eigenvalue weighted by Gasteiger charge is -2.12. The van der Waals surface area contributed by atoms with E-state index < -0.39 is 0 Å². The number of anilines is 1. The van der Waals surface area contributed by atoms with Crippen LogP contribution < -0.4 is 10.6 Å². The van der Waals surface area contributed by atoms with E-state index >= 15 is 0 Å². The highest BCUT2D eigenvalue weighted by atomic mass is 32.1. The van der Waals surface area contributed by atoms with Crippen LogP contribution in [0.4, 0.5) is 10.2 Å². The maximum Gasteiger partial charge on any atom is 0.261 e. The molecule has 1 aliphatic heterocycles. The number of ether oxygens (including phenoxy) is 1. The molecule has 0 radical (unpaired) electrons. The number of halogens is 1. The van der Waals surface area contributed by atoms with Gasteiger partial charge in [0.25, 0.3) is 5.91 Å². The number of hydrogen-bond donors (Lipinski definition) is 2. The summed E-state index contributed by atoms with van der Waals surface area (Å²) in [6.45, 7) is 3.50. The van der Waals surface area contributed by atoms with Crippen molar-refractivity contribution in [3.63, 3.8) is 0 Å². The predicted molar refractivity (Wildman–Crippen MR) is 107 cm³/mol. The lowest BCUT2D eigenvalue weighted by molar-refractivity contribution is 0.0954. The number of fused-ring (bicyclic) bond motifs is 1. The van der Waals surface area contributed by atoms with Crippen molar-refractivity contribution in [2.24, 2.45) is 0 Å². The van der Waals surface area contributed by atoms with Crippen LogP contribution in [0.15, 0.2) is 30.6 Å². The lowest BCUT2D eigenvalue weighted by Crippen LogP contribution is -2.23. The quantitative estimate of drug-likeness (QED) is 0.660. The minimum Gasteiger partial charge on any atom is -0.376 e. The number of amides is 1. The van der Waals surface area contributed by atoms with Gasteiger partial charge < -0.3 is 15.4 Å². The van der Waals surface area contributed by atoms with Crippen molar-refractivity contribution in [2.75, 3.05) is 18.5 Å². The summed E-state index contributed by atoms with van der Waals surface area (Å²) in [5.74, 6) is 0.138. The van der Waals surface area contributed by atoms with Gasteiger partial charge in [0, 0.05) is 25.3 Å². The molecule has 1 atom stereocenters. The standard InChI is InChI=1S/C20H21FN4O2S/c1-12-16-18(22-10-14-6-4-8-27-14)24-11-25-20(16)28-17(12)19(26)23-9-13-5-2-3-7-15(13)21/h2-3,5,7,11,14H,4,6,8-10H2,1H3,(H,23,26)(H,22,24,25)/t14-/m1/s1. The highest BCUT2D eigenvalue weighted by molar-refractivity contribution is 7.20. The minimum absolute atomic E-state index is 0.134. The molecule has 1 saturated heterocycles. The fourth-order valence-electron chi connectivity index (χ4n) is 3.34. The van der Waals surface area contributed by atoms with Gasteiger partial charge in [-0.15, -0.1) is 11.3 Å². The molecule has 1 aromatic carbocycles. The molecule has 1 fully saturated rings. The van der Waals surface area contributed by atoms with Gasteiger partial charge in [-0.3, -0.25) is 4.79 Å². The molecular formula is C20H21FN4O2S. The molecule has 0 spiro atoms. The molecule has 6 nitrogen and oxygen atoms in total. The van der Waals surface area contributed by atoms with Crippen molar-refractivity contribution in [3.8, 4) is 0 Å². The topological polar surface area (TPSA) is 76.1 Å². The van der Waals surface area contributed by atoms with Gasteiger partial charge >= 0.3 is 0 Å². The maximum atomic E-state index is 13.8. The third-order valence-electron chi connectivity index (χ3n) is 4.85. The number of carbonyl (C=O) groups is 1. The van der Waals surface area contributed by atoms with Gasteiger partial charge in [0.1, 0.15) is 22.8 Å². The Balaban J connectivity index is 1.52. The predicted octanol–water partition coefficient (Wildman–Crippen LogP) is 3.66. The summed E-state index contributed by atoms with van der Waals surface area (Å²) in [6, 6.07) is 6.41. The first-order chi connectivity index (χ1) is 13.6. The molecule has 1 amide bonds. The Kier molecular flexibility index (Phi) is 5.50. The Morgan fingerprint density at radius 3 is 3.00 bits per heavy atom. The zero-order valence-electron chi connectivity index (χ0n) is 15.5. The fourth-order valence-corrected chi connectivity index (χ4v) is 4.40. The minimum atomic E-state index is -0.331. The number of nitrogens with one attached hydrogen (secondary N) is 2. The summed E-state index contributed by atoms with van der Waals surface area (Å²) in [4.78, 5) is 22.7. The lowest BCUT2D eigenvalue weighted by atomic mass is 10.1. The summed E-state index contributed by atoms with van der Waals surface area (Å²) in [7, 11) is 0. The second-order valence-electron chi connectivity index (χ2n) is 6.75. The molecule has 2 aromatic heterocycles. The smallest absolute Gasteiger partial charge is 0.261 e. The van der Waals surface area contributed by atoms with Crippen LogP contribution >= 0.6 is 11.3 Å². The van der Waals surface area contributed by atoms with Gasteiger partial charge in [0.05, 0.1) is 16.4 Å². The van der Waals surface area contributed by atoms with Crippen molar-refractivity contribution in [2.45, 2.75) is 32.4 Å². The zero-order chi connectivity index (χ0) is 19.5. The molecule has 0 saturated carbocycles. The summed E-state index contributed by atoms with van der Waals surface area (Å²) < 4.78 is 19.4. The van der Waals surface area contributed by atoms with E-state index in [1.807, 2.05) is 6.92 Å². The van der Waals surface area contributed by atoms with E-state index in [1.165, 1.54) is 23.7 Å². The molecule has 2 N–H and O–H groups in total. The first-order valence-corrected chi connectivity index (χ1v) is 10.1. The van der Waals surface area contributed by atoms with Crippen molar-refractivity contribution < 1.29 is 13.9 Å². The van der Waals surface area contributed by atoms with Crippen LogP contribution in [0.5, 0.6) is 0 Å². The van der Waals surface area contributed by atoms with E-state index in [0.717, 1.165) is 35.2 Å². The number of carbonyl (C=O) groups excluding carboxylic acids is 1. The molecule has 8 heteroatoms. The van der Waals surface area contributed by atoms with E-state index in [1.54, 1.807) is 18.2 Å². The molecule has 0 bridgehead atoms. The second kappa shape index (κ2) is 8.20. The van der Waals surface area contributed by atoms with Gasteiger partial charge in [0.2, 0.25) is 0 Å². The van der Waals surface area contributed by atoms with Crippen LogP contribution in [0, 0.1) is 12.7 Å². The Bertz CT molecular complexity index is 1000. The van der Waals surface area contributed by atoms with Gasteiger partial charge in [-0.1, -0.05) is 18.2 Å². The van der Waals surface area contributed by atoms with Crippen LogP contribution in [-0.4, -0.2) is 35.1 Å². The van der Waals surface area contributed by atoms with Gasteiger partial charge in [-0.05, 0) is 31.4 Å². The Morgan fingerprint density at radius 2 is 2.21 bits per heavy atom. The number of aryl methyl sites for hydroxylation is 1. The average molecular weight is 400 g/mol. The van der Waals surface area contributed by atoms with Gasteiger partial charge in [-0.2, -0.15) is 0 Å². The zero-order valence-corrected chi connectivity index (χ0v) is 16.3. The SMILES string of the molecule is Cc1c(C(=O)NCc2ccccc2F)sc2ncnc(NC[C@H]3CCCO3)c12. The monoisotopic (exact) mass is 400 g/mol. The van der Waals surface area contributed by atoms with E-state index in [-0.39, 0.29) is 24.4 Å². The van der Waals surface area contributed by atoms with Crippen LogP contribution in [0.25, 0.3) is 10.2 Å². The normalized spacial score (nSPS) is 16.4. The molecule has 3 heterocycles. The number of aromatic nitrogens is 2. The summed E-state index contributed by atoms with van der Waals surface area (Å²) in [5.41, 5.74) is 1.27. The highest BCUT2D eigenvalue weighted by Crippen LogP contribution is 2.33. The summed E-state index contributed by atoms with van der Waals surface area (Å²) in [6.07, 6.45) is 3.80. The van der Waals surface area contributed by atoms with Crippen molar-refractivity contribution in [1.29, 1.82) is 0 Å². The fraction of sp³-hybridized carbons (Fsp3) is 0.350. The van der Waals surface area contributed by atoms with Gasteiger partial charge in [0.15, 0.2) is 0 Å². The third kappa shape index (κ3) is 3.83. The number of hydrogen-bond acceptors (Lipinski definition) is 6. The Labute approximate surface area is 166 Å². The van der Waals surface area contributed by atoms with E-state index in [4.69, 9.17) is 4.74 Å². The molecule has 1 aliphatic rings. The Morgan fingerprint density at radius 1 is 1.36 bits per heavy atom. The van der Waals surface area contributed by atoms with Crippen molar-refractivity contribution in [1.82, 2.24) is 15.3 Å². The van der Waals surface area contributed by atoms with Crippen molar-refractivity contribution >= 4 is 33.3 Å². The summed E-state index contributed by atoms with van der Waals surface area (Å²) >= 11 is 1.32. The number of thiophene rings is 1. The molecule has 0 aliphatic carbocycles. The summed E-state index contributed by atoms with van der Waals surface area (Å²) in [5, 5.41) is 6.98. The number of nitrogens with zero attached hydrogens (tertiary/aromatic N) is 2. The van der Waals surface area contributed by atoms with Crippen LogP contribution in [0.2, 0.25) is 0 Å². The third-order valence-corrected chi connectivity index (χ3v) is 6.05. The number of benzene rings is 1. The molecule has 3 aromatic rings. The molecular weight excluding hydrogens is 379 g/mol. The van der Waals surface area contributed by atoms with E-state index in [2.05, 4.69) is 20.6 Å². The van der Waals surface area contributed by atoms with Crippen molar-refractivity contribution in [3.05, 3.63) is 52.4 Å².